The first-order chi connectivity index (χ1) is 12.2. The van der Waals surface area contributed by atoms with Crippen LogP contribution in [0.1, 0.15) is 35.2 Å². The summed E-state index contributed by atoms with van der Waals surface area (Å²) in [6, 6.07) is 28.0. The van der Waals surface area contributed by atoms with Crippen LogP contribution in [-0.2, 0) is 6.54 Å². The number of hydrogen-bond acceptors (Lipinski definition) is 2. The highest BCUT2D eigenvalue weighted by atomic mass is 15.2. The van der Waals surface area contributed by atoms with Crippen LogP contribution in [-0.4, -0.2) is 10.7 Å². The fraction of sp³-hybridized carbons (Fsp3) is 0.174. The standard InChI is InChI=1S/C23H22N2/c1-17-13-14-21-18(2)25(16-19-9-5-3-6-10-19)23(24-22(21)15-17)20-11-7-4-8-12-20/h3-15,18H,16H2,1-2H3. The van der Waals surface area contributed by atoms with Gasteiger partial charge in [-0.2, -0.15) is 0 Å². The molecule has 124 valence electrons. The highest BCUT2D eigenvalue weighted by molar-refractivity contribution is 6.01. The van der Waals surface area contributed by atoms with Crippen molar-refractivity contribution in [3.05, 3.63) is 101 Å². The first-order valence-electron chi connectivity index (χ1n) is 8.77. The average molecular weight is 326 g/mol. The number of aryl methyl sites for hydroxylation is 1. The summed E-state index contributed by atoms with van der Waals surface area (Å²) in [5.41, 5.74) is 6.10. The third kappa shape index (κ3) is 3.08. The van der Waals surface area contributed by atoms with E-state index >= 15 is 0 Å². The number of fused-ring (bicyclic) bond motifs is 1. The van der Waals surface area contributed by atoms with Gasteiger partial charge in [0.05, 0.1) is 11.7 Å². The zero-order chi connectivity index (χ0) is 17.2. The maximum absolute atomic E-state index is 5.05. The molecule has 1 unspecified atom stereocenters. The van der Waals surface area contributed by atoms with Crippen LogP contribution in [0.25, 0.3) is 0 Å². The summed E-state index contributed by atoms with van der Waals surface area (Å²) in [5.74, 6) is 1.05. The molecule has 2 nitrogen and oxygen atoms in total. The van der Waals surface area contributed by atoms with Crippen LogP contribution in [0, 0.1) is 6.92 Å². The molecule has 0 aliphatic carbocycles. The first kappa shape index (κ1) is 15.6. The van der Waals surface area contributed by atoms with Crippen molar-refractivity contribution in [2.45, 2.75) is 26.4 Å². The fourth-order valence-corrected chi connectivity index (χ4v) is 3.44. The number of amidine groups is 1. The van der Waals surface area contributed by atoms with Gasteiger partial charge in [0.1, 0.15) is 5.84 Å². The molecule has 0 saturated carbocycles. The van der Waals surface area contributed by atoms with Crippen molar-refractivity contribution >= 4 is 11.5 Å². The van der Waals surface area contributed by atoms with E-state index in [0.717, 1.165) is 23.6 Å². The van der Waals surface area contributed by atoms with E-state index < -0.39 is 0 Å². The van der Waals surface area contributed by atoms with Gasteiger partial charge in [0, 0.05) is 17.7 Å². The molecule has 0 amide bonds. The molecule has 3 aromatic carbocycles. The molecule has 1 aliphatic heterocycles. The van der Waals surface area contributed by atoms with E-state index in [9.17, 15) is 0 Å². The number of nitrogens with zero attached hydrogens (tertiary/aromatic N) is 2. The summed E-state index contributed by atoms with van der Waals surface area (Å²) in [7, 11) is 0. The maximum Gasteiger partial charge on any atom is 0.137 e. The summed E-state index contributed by atoms with van der Waals surface area (Å²) in [6.07, 6.45) is 0. The van der Waals surface area contributed by atoms with Crippen molar-refractivity contribution in [3.63, 3.8) is 0 Å². The van der Waals surface area contributed by atoms with Crippen molar-refractivity contribution in [1.29, 1.82) is 0 Å². The molecular weight excluding hydrogens is 304 g/mol. The molecule has 25 heavy (non-hydrogen) atoms. The lowest BCUT2D eigenvalue weighted by atomic mass is 9.98. The molecule has 0 fully saturated rings. The molecule has 1 aliphatic rings. The number of hydrogen-bond donors (Lipinski definition) is 0. The van der Waals surface area contributed by atoms with E-state index in [1.54, 1.807) is 0 Å². The van der Waals surface area contributed by atoms with Gasteiger partial charge in [-0.3, -0.25) is 0 Å². The van der Waals surface area contributed by atoms with Gasteiger partial charge in [-0.05, 0) is 31.0 Å². The lowest BCUT2D eigenvalue weighted by Crippen LogP contribution is -2.36. The Labute approximate surface area is 149 Å². The van der Waals surface area contributed by atoms with Crippen LogP contribution in [0.4, 0.5) is 5.69 Å². The molecule has 0 spiro atoms. The predicted octanol–water partition coefficient (Wildman–Crippen LogP) is 5.65. The average Bonchev–Trinajstić information content (AvgIpc) is 2.65. The minimum atomic E-state index is 0.281. The van der Waals surface area contributed by atoms with Crippen molar-refractivity contribution in [2.24, 2.45) is 4.99 Å². The molecular formula is C23H22N2. The number of aliphatic imine (C=N–C) groups is 1. The third-order valence-corrected chi connectivity index (χ3v) is 4.83. The third-order valence-electron chi connectivity index (χ3n) is 4.83. The van der Waals surface area contributed by atoms with Gasteiger partial charge in [-0.25, -0.2) is 4.99 Å². The van der Waals surface area contributed by atoms with Crippen LogP contribution >= 0.6 is 0 Å². The van der Waals surface area contributed by atoms with Crippen LogP contribution in [0.5, 0.6) is 0 Å². The Morgan fingerprint density at radius 2 is 1.56 bits per heavy atom. The number of rotatable bonds is 3. The molecule has 0 saturated heterocycles. The van der Waals surface area contributed by atoms with E-state index in [0.29, 0.717) is 0 Å². The second kappa shape index (κ2) is 6.56. The Kier molecular flexibility index (Phi) is 4.10. The summed E-state index contributed by atoms with van der Waals surface area (Å²) >= 11 is 0. The van der Waals surface area contributed by atoms with Gasteiger partial charge in [-0.15, -0.1) is 0 Å². The van der Waals surface area contributed by atoms with Crippen molar-refractivity contribution in [2.75, 3.05) is 0 Å². The Morgan fingerprint density at radius 3 is 2.28 bits per heavy atom. The Bertz CT molecular complexity index is 898. The lowest BCUT2D eigenvalue weighted by Gasteiger charge is -2.37. The van der Waals surface area contributed by atoms with Gasteiger partial charge in [0.2, 0.25) is 0 Å². The van der Waals surface area contributed by atoms with Gasteiger partial charge in [-0.1, -0.05) is 72.8 Å². The van der Waals surface area contributed by atoms with Gasteiger partial charge in [0.15, 0.2) is 0 Å². The minimum Gasteiger partial charge on any atom is -0.345 e. The Morgan fingerprint density at radius 1 is 0.880 bits per heavy atom. The largest absolute Gasteiger partial charge is 0.345 e. The molecule has 1 atom stereocenters. The highest BCUT2D eigenvalue weighted by Crippen LogP contribution is 2.37. The zero-order valence-corrected chi connectivity index (χ0v) is 14.7. The summed E-state index contributed by atoms with van der Waals surface area (Å²) in [5, 5.41) is 0. The van der Waals surface area contributed by atoms with Crippen LogP contribution < -0.4 is 0 Å². The Balaban J connectivity index is 1.82. The van der Waals surface area contributed by atoms with Gasteiger partial charge in [0.25, 0.3) is 0 Å². The van der Waals surface area contributed by atoms with E-state index in [-0.39, 0.29) is 6.04 Å². The first-order valence-corrected chi connectivity index (χ1v) is 8.77. The SMILES string of the molecule is Cc1ccc2c(c1)N=C(c1ccccc1)N(Cc1ccccc1)C2C. The van der Waals surface area contributed by atoms with Crippen molar-refractivity contribution in [1.82, 2.24) is 4.90 Å². The van der Waals surface area contributed by atoms with Crippen LogP contribution in [0.15, 0.2) is 83.9 Å². The maximum atomic E-state index is 5.05. The van der Waals surface area contributed by atoms with E-state index in [2.05, 4.69) is 97.6 Å². The van der Waals surface area contributed by atoms with E-state index in [4.69, 9.17) is 4.99 Å². The topological polar surface area (TPSA) is 15.6 Å². The van der Waals surface area contributed by atoms with Gasteiger partial charge >= 0.3 is 0 Å². The lowest BCUT2D eigenvalue weighted by molar-refractivity contribution is 0.325. The quantitative estimate of drug-likeness (QED) is 0.607. The molecule has 0 N–H and O–H groups in total. The van der Waals surface area contributed by atoms with Crippen LogP contribution in [0.2, 0.25) is 0 Å². The van der Waals surface area contributed by atoms with Crippen molar-refractivity contribution in [3.8, 4) is 0 Å². The normalized spacial score (nSPS) is 16.3. The molecule has 3 aromatic rings. The molecule has 4 rings (SSSR count). The second-order valence-corrected chi connectivity index (χ2v) is 6.65. The second-order valence-electron chi connectivity index (χ2n) is 6.65. The summed E-state index contributed by atoms with van der Waals surface area (Å²) in [6.45, 7) is 5.25. The molecule has 0 aromatic heterocycles. The molecule has 2 heteroatoms. The van der Waals surface area contributed by atoms with Gasteiger partial charge < -0.3 is 4.90 Å². The summed E-state index contributed by atoms with van der Waals surface area (Å²) < 4.78 is 0. The smallest absolute Gasteiger partial charge is 0.137 e. The molecule has 0 radical (unpaired) electrons. The number of benzene rings is 3. The van der Waals surface area contributed by atoms with E-state index in [1.807, 2.05) is 0 Å². The van der Waals surface area contributed by atoms with E-state index in [1.165, 1.54) is 16.7 Å². The van der Waals surface area contributed by atoms with Crippen molar-refractivity contribution < 1.29 is 0 Å². The minimum absolute atomic E-state index is 0.281. The zero-order valence-electron chi connectivity index (χ0n) is 14.7. The highest BCUT2D eigenvalue weighted by Gasteiger charge is 2.27. The van der Waals surface area contributed by atoms with Crippen LogP contribution in [0.3, 0.4) is 0 Å². The monoisotopic (exact) mass is 326 g/mol. The predicted molar refractivity (Wildman–Crippen MR) is 104 cm³/mol. The summed E-state index contributed by atoms with van der Waals surface area (Å²) in [4.78, 5) is 7.45. The molecule has 1 heterocycles. The molecule has 0 bridgehead atoms. The fourth-order valence-electron chi connectivity index (χ4n) is 3.44. The Hall–Kier alpha value is -2.87.